The zero-order chi connectivity index (χ0) is 9.80. The maximum absolute atomic E-state index is 3.54. The van der Waals surface area contributed by atoms with Gasteiger partial charge in [-0.1, -0.05) is 36.4 Å². The molecule has 0 aliphatic heterocycles. The Morgan fingerprint density at radius 1 is 1.29 bits per heavy atom. The minimum absolute atomic E-state index is 0.642. The second kappa shape index (κ2) is 4.43. The van der Waals surface area contributed by atoms with Gasteiger partial charge >= 0.3 is 0 Å². The molecule has 2 rings (SSSR count). The topological polar surface area (TPSA) is 12.0 Å². The van der Waals surface area contributed by atoms with Gasteiger partial charge in [-0.2, -0.15) is 0 Å². The van der Waals surface area contributed by atoms with Crippen LogP contribution < -0.4 is 5.32 Å². The largest absolute Gasteiger partial charge is 0.310 e. The summed E-state index contributed by atoms with van der Waals surface area (Å²) in [5, 5.41) is 3.54. The standard InChI is InChI=1S/C13H17N/c1-2-3-8-14-13-9-11-6-4-5-7-12(11)10-13/h2-7,13-14H,8-10H2,1H3/b3-2+. The quantitative estimate of drug-likeness (QED) is 0.716. The first-order chi connectivity index (χ1) is 6.90. The highest BCUT2D eigenvalue weighted by Crippen LogP contribution is 2.21. The maximum Gasteiger partial charge on any atom is 0.0151 e. The van der Waals surface area contributed by atoms with Crippen molar-refractivity contribution in [3.63, 3.8) is 0 Å². The molecule has 74 valence electrons. The lowest BCUT2D eigenvalue weighted by atomic mass is 10.1. The van der Waals surface area contributed by atoms with Gasteiger partial charge in [0.05, 0.1) is 0 Å². The number of nitrogens with one attached hydrogen (secondary N) is 1. The fourth-order valence-electron chi connectivity index (χ4n) is 2.06. The van der Waals surface area contributed by atoms with Gasteiger partial charge in [-0.05, 0) is 30.9 Å². The van der Waals surface area contributed by atoms with Crippen LogP contribution in [-0.2, 0) is 12.8 Å². The Morgan fingerprint density at radius 2 is 1.93 bits per heavy atom. The van der Waals surface area contributed by atoms with Crippen LogP contribution >= 0.6 is 0 Å². The fourth-order valence-corrected chi connectivity index (χ4v) is 2.06. The molecule has 0 radical (unpaired) electrons. The molecule has 0 saturated carbocycles. The predicted molar refractivity (Wildman–Crippen MR) is 60.5 cm³/mol. The third-order valence-corrected chi connectivity index (χ3v) is 2.81. The van der Waals surface area contributed by atoms with Gasteiger partial charge in [-0.15, -0.1) is 0 Å². The molecule has 1 N–H and O–H groups in total. The fraction of sp³-hybridized carbons (Fsp3) is 0.385. The van der Waals surface area contributed by atoms with Crippen molar-refractivity contribution < 1.29 is 0 Å². The highest BCUT2D eigenvalue weighted by Gasteiger charge is 2.19. The Bertz CT molecular complexity index is 303. The molecule has 1 aromatic carbocycles. The van der Waals surface area contributed by atoms with Gasteiger partial charge in [0.1, 0.15) is 0 Å². The molecule has 0 fully saturated rings. The second-order valence-electron chi connectivity index (χ2n) is 3.85. The SMILES string of the molecule is C/C=C/CNC1Cc2ccccc2C1. The summed E-state index contributed by atoms with van der Waals surface area (Å²) in [6.07, 6.45) is 6.64. The van der Waals surface area contributed by atoms with Gasteiger partial charge in [0.2, 0.25) is 0 Å². The lowest BCUT2D eigenvalue weighted by Crippen LogP contribution is -2.29. The Hall–Kier alpha value is -1.08. The number of rotatable bonds is 3. The van der Waals surface area contributed by atoms with E-state index in [9.17, 15) is 0 Å². The van der Waals surface area contributed by atoms with Crippen LogP contribution in [0.15, 0.2) is 36.4 Å². The molecule has 0 spiro atoms. The Balaban J connectivity index is 1.92. The van der Waals surface area contributed by atoms with E-state index in [2.05, 4.69) is 48.7 Å². The molecule has 1 heteroatoms. The van der Waals surface area contributed by atoms with Crippen molar-refractivity contribution in [2.45, 2.75) is 25.8 Å². The van der Waals surface area contributed by atoms with Crippen LogP contribution in [0.4, 0.5) is 0 Å². The van der Waals surface area contributed by atoms with E-state index < -0.39 is 0 Å². The van der Waals surface area contributed by atoms with Gasteiger partial charge in [-0.3, -0.25) is 0 Å². The van der Waals surface area contributed by atoms with Gasteiger partial charge < -0.3 is 5.32 Å². The predicted octanol–water partition coefficient (Wildman–Crippen LogP) is 2.32. The molecule has 0 bridgehead atoms. The van der Waals surface area contributed by atoms with Crippen LogP contribution in [-0.4, -0.2) is 12.6 Å². The lowest BCUT2D eigenvalue weighted by molar-refractivity contribution is 0.566. The number of benzene rings is 1. The summed E-state index contributed by atoms with van der Waals surface area (Å²) in [4.78, 5) is 0. The van der Waals surface area contributed by atoms with E-state index in [-0.39, 0.29) is 0 Å². The molecule has 14 heavy (non-hydrogen) atoms. The molecule has 1 aliphatic carbocycles. The van der Waals surface area contributed by atoms with Gasteiger partial charge in [0, 0.05) is 12.6 Å². The van der Waals surface area contributed by atoms with E-state index >= 15 is 0 Å². The lowest BCUT2D eigenvalue weighted by Gasteiger charge is -2.08. The van der Waals surface area contributed by atoms with Crippen molar-refractivity contribution in [1.29, 1.82) is 0 Å². The van der Waals surface area contributed by atoms with E-state index in [0.717, 1.165) is 6.54 Å². The van der Waals surface area contributed by atoms with Crippen LogP contribution in [0.25, 0.3) is 0 Å². The van der Waals surface area contributed by atoms with E-state index in [4.69, 9.17) is 0 Å². The monoisotopic (exact) mass is 187 g/mol. The number of fused-ring (bicyclic) bond motifs is 1. The van der Waals surface area contributed by atoms with Crippen molar-refractivity contribution in [3.05, 3.63) is 47.5 Å². The van der Waals surface area contributed by atoms with E-state index in [0.29, 0.717) is 6.04 Å². The molecule has 1 aromatic rings. The highest BCUT2D eigenvalue weighted by molar-refractivity contribution is 5.33. The summed E-state index contributed by atoms with van der Waals surface area (Å²) >= 11 is 0. The minimum Gasteiger partial charge on any atom is -0.310 e. The van der Waals surface area contributed by atoms with Crippen LogP contribution in [0.3, 0.4) is 0 Å². The van der Waals surface area contributed by atoms with Crippen molar-refractivity contribution in [3.8, 4) is 0 Å². The summed E-state index contributed by atoms with van der Waals surface area (Å²) in [7, 11) is 0. The van der Waals surface area contributed by atoms with E-state index in [1.807, 2.05) is 0 Å². The minimum atomic E-state index is 0.642. The zero-order valence-electron chi connectivity index (χ0n) is 8.66. The van der Waals surface area contributed by atoms with Crippen LogP contribution in [0.1, 0.15) is 18.1 Å². The second-order valence-corrected chi connectivity index (χ2v) is 3.85. The number of hydrogen-bond acceptors (Lipinski definition) is 1. The summed E-state index contributed by atoms with van der Waals surface area (Å²) < 4.78 is 0. The Morgan fingerprint density at radius 3 is 2.50 bits per heavy atom. The molecule has 0 amide bonds. The Kier molecular flexibility index (Phi) is 3.00. The molecule has 0 atom stereocenters. The molecule has 0 aromatic heterocycles. The first kappa shape index (κ1) is 9.47. The highest BCUT2D eigenvalue weighted by atomic mass is 14.9. The smallest absolute Gasteiger partial charge is 0.0151 e. The first-order valence-electron chi connectivity index (χ1n) is 5.31. The molecule has 1 aliphatic rings. The third kappa shape index (κ3) is 2.05. The van der Waals surface area contributed by atoms with E-state index in [1.165, 1.54) is 24.0 Å². The van der Waals surface area contributed by atoms with Gasteiger partial charge in [0.15, 0.2) is 0 Å². The summed E-state index contributed by atoms with van der Waals surface area (Å²) in [6.45, 7) is 3.06. The average Bonchev–Trinajstić information content (AvgIpc) is 2.60. The van der Waals surface area contributed by atoms with Crippen LogP contribution in [0.5, 0.6) is 0 Å². The van der Waals surface area contributed by atoms with Gasteiger partial charge in [0.25, 0.3) is 0 Å². The average molecular weight is 187 g/mol. The number of hydrogen-bond donors (Lipinski definition) is 1. The summed E-state index contributed by atoms with van der Waals surface area (Å²) in [5.41, 5.74) is 3.04. The first-order valence-corrected chi connectivity index (χ1v) is 5.31. The summed E-state index contributed by atoms with van der Waals surface area (Å²) in [5.74, 6) is 0. The molecule has 1 nitrogen and oxygen atoms in total. The Labute approximate surface area is 85.8 Å². The third-order valence-electron chi connectivity index (χ3n) is 2.81. The van der Waals surface area contributed by atoms with Crippen molar-refractivity contribution >= 4 is 0 Å². The normalized spacial score (nSPS) is 16.4. The maximum atomic E-state index is 3.54. The molecule has 0 unspecified atom stereocenters. The molecular weight excluding hydrogens is 170 g/mol. The van der Waals surface area contributed by atoms with Gasteiger partial charge in [-0.25, -0.2) is 0 Å². The van der Waals surface area contributed by atoms with Crippen molar-refractivity contribution in [2.24, 2.45) is 0 Å². The van der Waals surface area contributed by atoms with Crippen molar-refractivity contribution in [2.75, 3.05) is 6.54 Å². The van der Waals surface area contributed by atoms with Crippen LogP contribution in [0.2, 0.25) is 0 Å². The zero-order valence-corrected chi connectivity index (χ0v) is 8.66. The molecule has 0 saturated heterocycles. The molecule has 0 heterocycles. The molecular formula is C13H17N. The van der Waals surface area contributed by atoms with Crippen LogP contribution in [0, 0.1) is 0 Å². The van der Waals surface area contributed by atoms with E-state index in [1.54, 1.807) is 0 Å². The summed E-state index contributed by atoms with van der Waals surface area (Å²) in [6, 6.07) is 9.39. The van der Waals surface area contributed by atoms with Crippen molar-refractivity contribution in [1.82, 2.24) is 5.32 Å². The number of allylic oxidation sites excluding steroid dienone is 1.